The van der Waals surface area contributed by atoms with Gasteiger partial charge >= 0.3 is 0 Å². The monoisotopic (exact) mass is 259 g/mol. The van der Waals surface area contributed by atoms with Crippen LogP contribution >= 0.6 is 0 Å². The summed E-state index contributed by atoms with van der Waals surface area (Å²) in [5, 5.41) is 0. The summed E-state index contributed by atoms with van der Waals surface area (Å²) >= 11 is 0. The topological polar surface area (TPSA) is 43.8 Å². The Hall–Kier alpha value is -1.68. The summed E-state index contributed by atoms with van der Waals surface area (Å²) in [7, 11) is 0. The average molecular weight is 259 g/mol. The highest BCUT2D eigenvalue weighted by Crippen LogP contribution is 2.31. The lowest BCUT2D eigenvalue weighted by molar-refractivity contribution is 0.308. The van der Waals surface area contributed by atoms with Crippen molar-refractivity contribution in [1.29, 1.82) is 0 Å². The van der Waals surface area contributed by atoms with Crippen molar-refractivity contribution in [3.63, 3.8) is 0 Å². The predicted molar refractivity (Wildman–Crippen MR) is 73.1 cm³/mol. The number of rotatable bonds is 2. The van der Waals surface area contributed by atoms with Gasteiger partial charge in [0.1, 0.15) is 5.82 Å². The van der Waals surface area contributed by atoms with Crippen LogP contribution in [-0.4, -0.2) is 15.6 Å². The molecule has 1 aromatic heterocycles. The molecule has 1 aliphatic carbocycles. The highest BCUT2D eigenvalue weighted by molar-refractivity contribution is 5.58. The SMILES string of the molecule is N[C@@H]1CCCC[C@H]1n1cncc1-c1ccc(F)cc1. The van der Waals surface area contributed by atoms with E-state index >= 15 is 0 Å². The number of nitrogens with two attached hydrogens (primary N) is 1. The standard InChI is InChI=1S/C15H18FN3/c16-12-7-5-11(6-8-12)15-9-18-10-19(15)14-4-2-1-3-13(14)17/h5-10,13-14H,1-4,17H2/t13-,14-/m1/s1. The summed E-state index contributed by atoms with van der Waals surface area (Å²) in [4.78, 5) is 4.24. The van der Waals surface area contributed by atoms with Crippen molar-refractivity contribution >= 4 is 0 Å². The van der Waals surface area contributed by atoms with Gasteiger partial charge in [-0.25, -0.2) is 9.37 Å². The predicted octanol–water partition coefficient (Wildman–Crippen LogP) is 3.13. The normalized spacial score (nSPS) is 23.5. The lowest BCUT2D eigenvalue weighted by Crippen LogP contribution is -2.35. The van der Waals surface area contributed by atoms with E-state index in [9.17, 15) is 4.39 Å². The van der Waals surface area contributed by atoms with Gasteiger partial charge in [-0.15, -0.1) is 0 Å². The van der Waals surface area contributed by atoms with Crippen LogP contribution in [-0.2, 0) is 0 Å². The van der Waals surface area contributed by atoms with Gasteiger partial charge in [0, 0.05) is 6.04 Å². The Kier molecular flexibility index (Phi) is 3.34. The lowest BCUT2D eigenvalue weighted by atomic mass is 9.90. The number of hydrogen-bond donors (Lipinski definition) is 1. The molecule has 1 heterocycles. The zero-order valence-corrected chi connectivity index (χ0v) is 10.8. The molecule has 0 saturated heterocycles. The van der Waals surface area contributed by atoms with E-state index in [0.29, 0.717) is 6.04 Å². The maximum absolute atomic E-state index is 13.0. The van der Waals surface area contributed by atoms with Crippen molar-refractivity contribution < 1.29 is 4.39 Å². The molecular weight excluding hydrogens is 241 g/mol. The molecule has 1 saturated carbocycles. The Morgan fingerprint density at radius 2 is 1.89 bits per heavy atom. The van der Waals surface area contributed by atoms with E-state index in [-0.39, 0.29) is 11.9 Å². The first-order valence-corrected chi connectivity index (χ1v) is 6.79. The van der Waals surface area contributed by atoms with E-state index in [2.05, 4.69) is 9.55 Å². The number of nitrogens with zero attached hydrogens (tertiary/aromatic N) is 2. The molecule has 100 valence electrons. The maximum atomic E-state index is 13.0. The summed E-state index contributed by atoms with van der Waals surface area (Å²) in [5.74, 6) is -0.218. The minimum Gasteiger partial charge on any atom is -0.326 e. The Labute approximate surface area is 112 Å². The Balaban J connectivity index is 1.95. The van der Waals surface area contributed by atoms with E-state index < -0.39 is 0 Å². The lowest BCUT2D eigenvalue weighted by Gasteiger charge is -2.30. The summed E-state index contributed by atoms with van der Waals surface area (Å²) in [5.41, 5.74) is 8.23. The van der Waals surface area contributed by atoms with E-state index in [4.69, 9.17) is 5.73 Å². The van der Waals surface area contributed by atoms with Gasteiger partial charge in [0.25, 0.3) is 0 Å². The molecule has 1 aromatic carbocycles. The third-order valence-electron chi connectivity index (χ3n) is 3.94. The molecule has 1 fully saturated rings. The van der Waals surface area contributed by atoms with E-state index in [1.807, 2.05) is 12.5 Å². The molecule has 0 bridgehead atoms. The van der Waals surface area contributed by atoms with Gasteiger partial charge in [-0.05, 0) is 42.7 Å². The number of benzene rings is 1. The molecule has 2 aromatic rings. The third kappa shape index (κ3) is 2.40. The van der Waals surface area contributed by atoms with Gasteiger partial charge in [-0.1, -0.05) is 12.8 Å². The summed E-state index contributed by atoms with van der Waals surface area (Å²) in [6, 6.07) is 7.02. The second-order valence-electron chi connectivity index (χ2n) is 5.21. The van der Waals surface area contributed by atoms with Crippen molar-refractivity contribution in [2.75, 3.05) is 0 Å². The van der Waals surface area contributed by atoms with Crippen LogP contribution in [0.3, 0.4) is 0 Å². The van der Waals surface area contributed by atoms with Crippen molar-refractivity contribution in [2.45, 2.75) is 37.8 Å². The van der Waals surface area contributed by atoms with Crippen LogP contribution in [0.5, 0.6) is 0 Å². The minimum absolute atomic E-state index is 0.183. The van der Waals surface area contributed by atoms with Gasteiger partial charge in [-0.2, -0.15) is 0 Å². The first-order valence-electron chi connectivity index (χ1n) is 6.79. The van der Waals surface area contributed by atoms with E-state index in [1.54, 1.807) is 12.1 Å². The molecule has 0 radical (unpaired) electrons. The number of hydrogen-bond acceptors (Lipinski definition) is 2. The quantitative estimate of drug-likeness (QED) is 0.900. The second kappa shape index (κ2) is 5.13. The summed E-state index contributed by atoms with van der Waals surface area (Å²) in [6.45, 7) is 0. The zero-order chi connectivity index (χ0) is 13.2. The van der Waals surface area contributed by atoms with Crippen LogP contribution in [0.4, 0.5) is 4.39 Å². The smallest absolute Gasteiger partial charge is 0.123 e. The maximum Gasteiger partial charge on any atom is 0.123 e. The van der Waals surface area contributed by atoms with Crippen LogP contribution in [0.25, 0.3) is 11.3 Å². The molecule has 2 N–H and O–H groups in total. The highest BCUT2D eigenvalue weighted by atomic mass is 19.1. The first kappa shape index (κ1) is 12.4. The van der Waals surface area contributed by atoms with Crippen LogP contribution in [0.2, 0.25) is 0 Å². The highest BCUT2D eigenvalue weighted by Gasteiger charge is 2.25. The number of imidazole rings is 1. The first-order chi connectivity index (χ1) is 9.25. The summed E-state index contributed by atoms with van der Waals surface area (Å²) in [6.07, 6.45) is 8.23. The minimum atomic E-state index is -0.218. The molecular formula is C15H18FN3. The molecule has 2 atom stereocenters. The van der Waals surface area contributed by atoms with Gasteiger partial charge in [0.2, 0.25) is 0 Å². The van der Waals surface area contributed by atoms with Crippen LogP contribution in [0.1, 0.15) is 31.7 Å². The molecule has 4 heteroatoms. The molecule has 19 heavy (non-hydrogen) atoms. The molecule has 0 aliphatic heterocycles. The summed E-state index contributed by atoms with van der Waals surface area (Å²) < 4.78 is 15.2. The van der Waals surface area contributed by atoms with Crippen molar-refractivity contribution in [1.82, 2.24) is 9.55 Å². The fraction of sp³-hybridized carbons (Fsp3) is 0.400. The van der Waals surface area contributed by atoms with Crippen LogP contribution in [0, 0.1) is 5.82 Å². The van der Waals surface area contributed by atoms with Crippen molar-refractivity contribution in [3.8, 4) is 11.3 Å². The zero-order valence-electron chi connectivity index (χ0n) is 10.8. The van der Waals surface area contributed by atoms with Gasteiger partial charge in [0.15, 0.2) is 0 Å². The Morgan fingerprint density at radius 3 is 2.63 bits per heavy atom. The van der Waals surface area contributed by atoms with E-state index in [0.717, 1.165) is 24.1 Å². The molecule has 0 spiro atoms. The molecule has 0 amide bonds. The molecule has 3 rings (SSSR count). The van der Waals surface area contributed by atoms with Crippen LogP contribution in [0.15, 0.2) is 36.8 Å². The van der Waals surface area contributed by atoms with Gasteiger partial charge in [0.05, 0.1) is 24.3 Å². The van der Waals surface area contributed by atoms with Crippen molar-refractivity contribution in [2.24, 2.45) is 5.73 Å². The second-order valence-corrected chi connectivity index (χ2v) is 5.21. The van der Waals surface area contributed by atoms with Crippen LogP contribution < -0.4 is 5.73 Å². The molecule has 1 aliphatic rings. The number of aromatic nitrogens is 2. The Morgan fingerprint density at radius 1 is 1.16 bits per heavy atom. The Bertz CT molecular complexity index is 547. The fourth-order valence-corrected chi connectivity index (χ4v) is 2.90. The average Bonchev–Trinajstić information content (AvgIpc) is 2.89. The van der Waals surface area contributed by atoms with Gasteiger partial charge in [-0.3, -0.25) is 0 Å². The molecule has 0 unspecified atom stereocenters. The molecule has 3 nitrogen and oxygen atoms in total. The third-order valence-corrected chi connectivity index (χ3v) is 3.94. The number of halogens is 1. The fourth-order valence-electron chi connectivity index (χ4n) is 2.90. The van der Waals surface area contributed by atoms with Gasteiger partial charge < -0.3 is 10.3 Å². The largest absolute Gasteiger partial charge is 0.326 e. The van der Waals surface area contributed by atoms with Crippen molar-refractivity contribution in [3.05, 3.63) is 42.6 Å². The van der Waals surface area contributed by atoms with E-state index in [1.165, 1.54) is 25.0 Å².